The molecule has 0 radical (unpaired) electrons. The van der Waals surface area contributed by atoms with Crippen molar-refractivity contribution in [3.63, 3.8) is 0 Å². The maximum Gasteiger partial charge on any atom is 0.191 e. The molecule has 0 amide bonds. The van der Waals surface area contributed by atoms with Gasteiger partial charge in [-0.05, 0) is 37.1 Å². The molecule has 1 aromatic carbocycles. The molecule has 2 N–H and O–H groups in total. The Morgan fingerprint density at radius 1 is 1.24 bits per heavy atom. The van der Waals surface area contributed by atoms with Crippen molar-refractivity contribution in [2.45, 2.75) is 32.9 Å². The van der Waals surface area contributed by atoms with Gasteiger partial charge in [-0.2, -0.15) is 0 Å². The van der Waals surface area contributed by atoms with Crippen molar-refractivity contribution in [2.24, 2.45) is 4.99 Å². The van der Waals surface area contributed by atoms with Gasteiger partial charge in [0.15, 0.2) is 5.96 Å². The van der Waals surface area contributed by atoms with E-state index in [2.05, 4.69) is 27.5 Å². The number of hydrogen-bond acceptors (Lipinski definition) is 3. The first kappa shape index (κ1) is 19.1. The molecule has 0 aliphatic rings. The molecule has 6 heteroatoms. The van der Waals surface area contributed by atoms with Crippen LogP contribution in [0, 0.1) is 6.92 Å². The second-order valence-corrected chi connectivity index (χ2v) is 6.06. The summed E-state index contributed by atoms with van der Waals surface area (Å²) in [7, 11) is 1.75. The van der Waals surface area contributed by atoms with Gasteiger partial charge < -0.3 is 15.4 Å². The number of rotatable bonds is 7. The number of nitrogens with one attached hydrogen (secondary N) is 2. The molecular formula is C19H25ClN4O. The highest BCUT2D eigenvalue weighted by molar-refractivity contribution is 6.32. The van der Waals surface area contributed by atoms with Crippen molar-refractivity contribution < 1.29 is 4.74 Å². The average Bonchev–Trinajstić information content (AvgIpc) is 2.63. The lowest BCUT2D eigenvalue weighted by molar-refractivity contribution is 0.199. The summed E-state index contributed by atoms with van der Waals surface area (Å²) in [6.07, 6.45) is 2.65. The number of pyridine rings is 1. The first-order valence-electron chi connectivity index (χ1n) is 8.40. The standard InChI is InChI=1S/C19H25ClN4O/c1-4-15(25-18-10-6-5-9-16(18)20)12-23-19(21-3)24-13-17-14(2)8-7-11-22-17/h5-11,15H,4,12-13H2,1-3H3,(H2,21,23,24). The zero-order valence-corrected chi connectivity index (χ0v) is 15.7. The monoisotopic (exact) mass is 360 g/mol. The number of aromatic nitrogens is 1. The first-order valence-corrected chi connectivity index (χ1v) is 8.78. The third-order valence-corrected chi connectivity index (χ3v) is 4.16. The topological polar surface area (TPSA) is 58.5 Å². The van der Waals surface area contributed by atoms with Crippen molar-refractivity contribution in [1.29, 1.82) is 0 Å². The summed E-state index contributed by atoms with van der Waals surface area (Å²) in [5.74, 6) is 1.41. The molecule has 25 heavy (non-hydrogen) atoms. The Balaban J connectivity index is 1.86. The van der Waals surface area contributed by atoms with Gasteiger partial charge in [-0.1, -0.05) is 36.7 Å². The van der Waals surface area contributed by atoms with Crippen LogP contribution in [0.2, 0.25) is 5.02 Å². The van der Waals surface area contributed by atoms with E-state index in [4.69, 9.17) is 16.3 Å². The van der Waals surface area contributed by atoms with Crippen LogP contribution in [0.4, 0.5) is 0 Å². The Kier molecular flexibility index (Phi) is 7.54. The molecule has 2 rings (SSSR count). The van der Waals surface area contributed by atoms with Crippen molar-refractivity contribution in [3.05, 3.63) is 58.9 Å². The van der Waals surface area contributed by atoms with Gasteiger partial charge in [0, 0.05) is 13.2 Å². The molecule has 0 fully saturated rings. The highest BCUT2D eigenvalue weighted by Crippen LogP contribution is 2.24. The molecule has 0 spiro atoms. The smallest absolute Gasteiger partial charge is 0.191 e. The summed E-state index contributed by atoms with van der Waals surface area (Å²) in [4.78, 5) is 8.63. The predicted molar refractivity (Wildman–Crippen MR) is 103 cm³/mol. The first-order chi connectivity index (χ1) is 12.1. The fraction of sp³-hybridized carbons (Fsp3) is 0.368. The highest BCUT2D eigenvalue weighted by atomic mass is 35.5. The van der Waals surface area contributed by atoms with Gasteiger partial charge in [0.05, 0.1) is 23.8 Å². The number of ether oxygens (including phenoxy) is 1. The van der Waals surface area contributed by atoms with Crippen LogP contribution < -0.4 is 15.4 Å². The summed E-state index contributed by atoms with van der Waals surface area (Å²) in [6, 6.07) is 11.5. The lowest BCUT2D eigenvalue weighted by Crippen LogP contribution is -2.42. The van der Waals surface area contributed by atoms with Gasteiger partial charge in [-0.25, -0.2) is 0 Å². The van der Waals surface area contributed by atoms with E-state index in [9.17, 15) is 0 Å². The zero-order chi connectivity index (χ0) is 18.1. The largest absolute Gasteiger partial charge is 0.487 e. The summed E-state index contributed by atoms with van der Waals surface area (Å²) in [5.41, 5.74) is 2.16. The van der Waals surface area contributed by atoms with E-state index < -0.39 is 0 Å². The molecular weight excluding hydrogens is 336 g/mol. The van der Waals surface area contributed by atoms with E-state index in [-0.39, 0.29) is 6.10 Å². The van der Waals surface area contributed by atoms with Gasteiger partial charge in [0.2, 0.25) is 0 Å². The van der Waals surface area contributed by atoms with E-state index >= 15 is 0 Å². The molecule has 1 atom stereocenters. The molecule has 0 bridgehead atoms. The minimum absolute atomic E-state index is 0.00460. The maximum absolute atomic E-state index is 6.16. The molecule has 1 aromatic heterocycles. The van der Waals surface area contributed by atoms with Crippen LogP contribution >= 0.6 is 11.6 Å². The quantitative estimate of drug-likeness (QED) is 0.585. The normalized spacial score (nSPS) is 12.6. The molecule has 5 nitrogen and oxygen atoms in total. The van der Waals surface area contributed by atoms with Crippen LogP contribution in [0.1, 0.15) is 24.6 Å². The van der Waals surface area contributed by atoms with Crippen LogP contribution in [0.15, 0.2) is 47.6 Å². The van der Waals surface area contributed by atoms with E-state index in [1.165, 1.54) is 0 Å². The average molecular weight is 361 g/mol. The summed E-state index contributed by atoms with van der Waals surface area (Å²) in [6.45, 7) is 5.37. The lowest BCUT2D eigenvalue weighted by Gasteiger charge is -2.20. The Morgan fingerprint density at radius 3 is 2.72 bits per heavy atom. The van der Waals surface area contributed by atoms with Crippen LogP contribution in [-0.4, -0.2) is 30.6 Å². The van der Waals surface area contributed by atoms with Crippen molar-refractivity contribution in [2.75, 3.05) is 13.6 Å². The van der Waals surface area contributed by atoms with Gasteiger partial charge in [0.1, 0.15) is 11.9 Å². The van der Waals surface area contributed by atoms with Crippen LogP contribution in [0.5, 0.6) is 5.75 Å². The molecule has 1 heterocycles. The number of aliphatic imine (C=N–C) groups is 1. The highest BCUT2D eigenvalue weighted by Gasteiger charge is 2.11. The SMILES string of the molecule is CCC(CNC(=NC)NCc1ncccc1C)Oc1ccccc1Cl. The zero-order valence-electron chi connectivity index (χ0n) is 14.9. The Bertz CT molecular complexity index is 705. The van der Waals surface area contributed by atoms with Crippen LogP contribution in [0.25, 0.3) is 0 Å². The number of guanidine groups is 1. The third-order valence-electron chi connectivity index (χ3n) is 3.85. The number of para-hydroxylation sites is 1. The van der Waals surface area contributed by atoms with Gasteiger partial charge in [-0.3, -0.25) is 9.98 Å². The van der Waals surface area contributed by atoms with Crippen molar-refractivity contribution >= 4 is 17.6 Å². The molecule has 0 saturated heterocycles. The van der Waals surface area contributed by atoms with Gasteiger partial charge in [0.25, 0.3) is 0 Å². The molecule has 2 aromatic rings. The fourth-order valence-electron chi connectivity index (χ4n) is 2.29. The molecule has 0 aliphatic heterocycles. The summed E-state index contributed by atoms with van der Waals surface area (Å²) >= 11 is 6.16. The van der Waals surface area contributed by atoms with Crippen LogP contribution in [0.3, 0.4) is 0 Å². The van der Waals surface area contributed by atoms with E-state index in [1.54, 1.807) is 13.2 Å². The number of nitrogens with zero attached hydrogens (tertiary/aromatic N) is 2. The Hall–Kier alpha value is -2.27. The predicted octanol–water partition coefficient (Wildman–Crippen LogP) is 3.57. The second-order valence-electron chi connectivity index (χ2n) is 5.65. The summed E-state index contributed by atoms with van der Waals surface area (Å²) < 4.78 is 5.98. The van der Waals surface area contributed by atoms with Gasteiger partial charge >= 0.3 is 0 Å². The minimum atomic E-state index is -0.00460. The fourth-order valence-corrected chi connectivity index (χ4v) is 2.47. The maximum atomic E-state index is 6.16. The van der Waals surface area contributed by atoms with Crippen molar-refractivity contribution in [3.8, 4) is 5.75 Å². The van der Waals surface area contributed by atoms with E-state index in [0.717, 1.165) is 17.7 Å². The number of benzene rings is 1. The lowest BCUT2D eigenvalue weighted by atomic mass is 10.2. The second kappa shape index (κ2) is 9.89. The molecule has 1 unspecified atom stereocenters. The molecule has 0 aliphatic carbocycles. The van der Waals surface area contributed by atoms with Crippen molar-refractivity contribution in [1.82, 2.24) is 15.6 Å². The third kappa shape index (κ3) is 5.94. The van der Waals surface area contributed by atoms with E-state index in [1.807, 2.05) is 43.3 Å². The van der Waals surface area contributed by atoms with Gasteiger partial charge in [-0.15, -0.1) is 0 Å². The molecule has 0 saturated carbocycles. The minimum Gasteiger partial charge on any atom is -0.487 e. The Morgan fingerprint density at radius 2 is 2.04 bits per heavy atom. The van der Waals surface area contributed by atoms with E-state index in [0.29, 0.717) is 29.8 Å². The van der Waals surface area contributed by atoms with Crippen LogP contribution in [-0.2, 0) is 6.54 Å². The number of aryl methyl sites for hydroxylation is 1. The Labute approximate surface area is 154 Å². The molecule has 134 valence electrons. The summed E-state index contributed by atoms with van der Waals surface area (Å²) in [5, 5.41) is 7.19. The number of halogens is 1. The number of hydrogen-bond donors (Lipinski definition) is 2.